The number of rotatable bonds is 0. The molecule has 0 saturated carbocycles. The molecule has 4 nitrogen and oxygen atoms in total. The molecular weight excluding hydrogens is 236 g/mol. The minimum atomic E-state index is 0.692. The van der Waals surface area contributed by atoms with Gasteiger partial charge in [0.05, 0.1) is 5.52 Å². The van der Waals surface area contributed by atoms with Crippen LogP contribution in [0, 0.1) is 6.92 Å². The van der Waals surface area contributed by atoms with Crippen LogP contribution >= 0.6 is 0 Å². The second-order valence-corrected chi connectivity index (χ2v) is 4.82. The monoisotopic (exact) mass is 248 g/mol. The van der Waals surface area contributed by atoms with E-state index in [1.165, 1.54) is 5.56 Å². The van der Waals surface area contributed by atoms with Crippen LogP contribution in [-0.4, -0.2) is 19.5 Å². The Hall–Kier alpha value is -2.49. The summed E-state index contributed by atoms with van der Waals surface area (Å²) in [4.78, 5) is 13.6. The molecule has 0 bridgehead atoms. The van der Waals surface area contributed by atoms with E-state index >= 15 is 0 Å². The predicted molar refractivity (Wildman–Crippen MR) is 76.1 cm³/mol. The lowest BCUT2D eigenvalue weighted by Gasteiger charge is -1.98. The fourth-order valence-electron chi connectivity index (χ4n) is 2.55. The molecule has 19 heavy (non-hydrogen) atoms. The van der Waals surface area contributed by atoms with Crippen molar-refractivity contribution in [3.8, 4) is 0 Å². The summed E-state index contributed by atoms with van der Waals surface area (Å²) in [5.41, 5.74) is 5.74. The molecule has 0 unspecified atom stereocenters. The van der Waals surface area contributed by atoms with Crippen LogP contribution in [0.5, 0.6) is 0 Å². The summed E-state index contributed by atoms with van der Waals surface area (Å²) in [5, 5.41) is 1.15. The van der Waals surface area contributed by atoms with Crippen LogP contribution in [0.25, 0.3) is 33.2 Å². The quantitative estimate of drug-likeness (QED) is 0.480. The number of aryl methyl sites for hydroxylation is 2. The van der Waals surface area contributed by atoms with Crippen molar-refractivity contribution in [2.24, 2.45) is 7.05 Å². The topological polar surface area (TPSA) is 43.6 Å². The number of aromatic nitrogens is 4. The highest BCUT2D eigenvalue weighted by atomic mass is 15.1. The number of fused-ring (bicyclic) bond motifs is 4. The lowest BCUT2D eigenvalue weighted by Crippen LogP contribution is -1.93. The first-order chi connectivity index (χ1) is 9.24. The summed E-state index contributed by atoms with van der Waals surface area (Å²) >= 11 is 0. The molecule has 0 aliphatic carbocycles. The molecule has 3 aromatic heterocycles. The van der Waals surface area contributed by atoms with E-state index in [4.69, 9.17) is 4.98 Å². The van der Waals surface area contributed by atoms with Gasteiger partial charge in [-0.05, 0) is 31.2 Å². The molecule has 0 atom stereocenters. The fourth-order valence-corrected chi connectivity index (χ4v) is 2.55. The van der Waals surface area contributed by atoms with E-state index < -0.39 is 0 Å². The average Bonchev–Trinajstić information content (AvgIpc) is 2.69. The van der Waals surface area contributed by atoms with Gasteiger partial charge in [-0.3, -0.25) is 0 Å². The highest BCUT2D eigenvalue weighted by Crippen LogP contribution is 2.27. The zero-order valence-corrected chi connectivity index (χ0v) is 10.8. The normalized spacial score (nSPS) is 11.7. The van der Waals surface area contributed by atoms with Gasteiger partial charge in [0, 0.05) is 18.6 Å². The standard InChI is InChI=1S/C15H12N4/c1-9-5-6-12-10(8-9)13-15(19(12)2)18-14-11(17-13)4-3-7-16-14/h3-8H,1-2H3. The summed E-state index contributed by atoms with van der Waals surface area (Å²) in [5.74, 6) is 0. The summed E-state index contributed by atoms with van der Waals surface area (Å²) in [7, 11) is 2.02. The Balaban J connectivity index is 2.30. The van der Waals surface area contributed by atoms with E-state index in [0.717, 1.165) is 27.6 Å². The minimum Gasteiger partial charge on any atom is -0.327 e. The molecule has 4 heteroatoms. The molecule has 0 spiro atoms. The van der Waals surface area contributed by atoms with Crippen molar-refractivity contribution in [3.05, 3.63) is 42.1 Å². The predicted octanol–water partition coefficient (Wildman–Crippen LogP) is 2.98. The molecule has 4 aromatic rings. The Labute approximate surface area is 109 Å². The molecule has 0 amide bonds. The Morgan fingerprint density at radius 3 is 2.89 bits per heavy atom. The first kappa shape index (κ1) is 10.4. The van der Waals surface area contributed by atoms with Gasteiger partial charge in [0.2, 0.25) is 0 Å². The molecule has 0 aliphatic heterocycles. The van der Waals surface area contributed by atoms with Crippen LogP contribution in [0.2, 0.25) is 0 Å². The molecule has 0 N–H and O–H groups in total. The van der Waals surface area contributed by atoms with Crippen LogP contribution < -0.4 is 0 Å². The summed E-state index contributed by atoms with van der Waals surface area (Å²) in [6.07, 6.45) is 1.75. The third-order valence-electron chi connectivity index (χ3n) is 3.51. The molecule has 0 saturated heterocycles. The van der Waals surface area contributed by atoms with Gasteiger partial charge < -0.3 is 4.57 Å². The molecule has 4 rings (SSSR count). The number of pyridine rings is 1. The van der Waals surface area contributed by atoms with Crippen molar-refractivity contribution < 1.29 is 0 Å². The van der Waals surface area contributed by atoms with E-state index in [2.05, 4.69) is 39.7 Å². The zero-order valence-electron chi connectivity index (χ0n) is 10.8. The Bertz CT molecular complexity index is 937. The first-order valence-corrected chi connectivity index (χ1v) is 6.21. The highest BCUT2D eigenvalue weighted by molar-refractivity contribution is 6.06. The second-order valence-electron chi connectivity index (χ2n) is 4.82. The van der Waals surface area contributed by atoms with Gasteiger partial charge >= 0.3 is 0 Å². The van der Waals surface area contributed by atoms with Gasteiger partial charge in [-0.15, -0.1) is 0 Å². The highest BCUT2D eigenvalue weighted by Gasteiger charge is 2.12. The first-order valence-electron chi connectivity index (χ1n) is 6.21. The van der Waals surface area contributed by atoms with Crippen molar-refractivity contribution in [3.63, 3.8) is 0 Å². The van der Waals surface area contributed by atoms with Crippen LogP contribution in [-0.2, 0) is 7.05 Å². The Morgan fingerprint density at radius 1 is 1.11 bits per heavy atom. The van der Waals surface area contributed by atoms with Crippen molar-refractivity contribution in [1.82, 2.24) is 19.5 Å². The number of hydrogen-bond acceptors (Lipinski definition) is 3. The number of benzene rings is 1. The third-order valence-corrected chi connectivity index (χ3v) is 3.51. The van der Waals surface area contributed by atoms with Crippen LogP contribution in [0.1, 0.15) is 5.56 Å². The maximum Gasteiger partial charge on any atom is 0.180 e. The molecule has 92 valence electrons. The van der Waals surface area contributed by atoms with E-state index in [0.29, 0.717) is 5.65 Å². The van der Waals surface area contributed by atoms with Crippen LogP contribution in [0.3, 0.4) is 0 Å². The van der Waals surface area contributed by atoms with E-state index in [1.54, 1.807) is 6.20 Å². The van der Waals surface area contributed by atoms with Gasteiger partial charge in [-0.1, -0.05) is 11.6 Å². The number of hydrogen-bond donors (Lipinski definition) is 0. The molecule has 1 aromatic carbocycles. The molecule has 0 fully saturated rings. The van der Waals surface area contributed by atoms with E-state index in [-0.39, 0.29) is 0 Å². The molecular formula is C15H12N4. The smallest absolute Gasteiger partial charge is 0.180 e. The second kappa shape index (κ2) is 3.51. The zero-order chi connectivity index (χ0) is 13.0. The van der Waals surface area contributed by atoms with Crippen LogP contribution in [0.4, 0.5) is 0 Å². The molecule has 0 aliphatic rings. The summed E-state index contributed by atoms with van der Waals surface area (Å²) in [6.45, 7) is 2.09. The van der Waals surface area contributed by atoms with Crippen molar-refractivity contribution in [1.29, 1.82) is 0 Å². The maximum absolute atomic E-state index is 4.72. The number of nitrogens with zero attached hydrogens (tertiary/aromatic N) is 4. The lowest BCUT2D eigenvalue weighted by atomic mass is 10.2. The average molecular weight is 248 g/mol. The largest absolute Gasteiger partial charge is 0.327 e. The summed E-state index contributed by atoms with van der Waals surface area (Å²) < 4.78 is 2.07. The SMILES string of the molecule is Cc1ccc2c(c1)c1nc3cccnc3nc1n2C. The third kappa shape index (κ3) is 1.37. The van der Waals surface area contributed by atoms with Gasteiger partial charge in [0.1, 0.15) is 11.0 Å². The van der Waals surface area contributed by atoms with E-state index in [1.807, 2.05) is 19.2 Å². The maximum atomic E-state index is 4.72. The van der Waals surface area contributed by atoms with Gasteiger partial charge in [-0.25, -0.2) is 15.0 Å². The molecule has 0 radical (unpaired) electrons. The van der Waals surface area contributed by atoms with E-state index in [9.17, 15) is 0 Å². The van der Waals surface area contributed by atoms with Gasteiger partial charge in [0.15, 0.2) is 11.3 Å². The molecule has 3 heterocycles. The van der Waals surface area contributed by atoms with Gasteiger partial charge in [-0.2, -0.15) is 0 Å². The van der Waals surface area contributed by atoms with Gasteiger partial charge in [0.25, 0.3) is 0 Å². The van der Waals surface area contributed by atoms with Crippen molar-refractivity contribution in [2.45, 2.75) is 6.92 Å². The lowest BCUT2D eigenvalue weighted by molar-refractivity contribution is 0.989. The Morgan fingerprint density at radius 2 is 2.00 bits per heavy atom. The van der Waals surface area contributed by atoms with Crippen LogP contribution in [0.15, 0.2) is 36.5 Å². The van der Waals surface area contributed by atoms with Crippen molar-refractivity contribution >= 4 is 33.2 Å². The minimum absolute atomic E-state index is 0.692. The Kier molecular flexibility index (Phi) is 1.93. The van der Waals surface area contributed by atoms with Crippen molar-refractivity contribution in [2.75, 3.05) is 0 Å². The summed E-state index contributed by atoms with van der Waals surface area (Å²) in [6, 6.07) is 10.2. The fraction of sp³-hybridized carbons (Fsp3) is 0.133.